The smallest absolute Gasteiger partial charge is 0.154 e. The first-order chi connectivity index (χ1) is 9.12. The molecule has 0 aliphatic heterocycles. The van der Waals surface area contributed by atoms with Crippen molar-refractivity contribution >= 4 is 11.6 Å². The molecule has 0 unspecified atom stereocenters. The lowest BCUT2D eigenvalue weighted by Crippen LogP contribution is -3.00. The normalized spacial score (nSPS) is 11.4. The summed E-state index contributed by atoms with van der Waals surface area (Å²) < 4.78 is 0.958. The Bertz CT molecular complexity index is 186. The molecule has 0 N–H and O–H groups in total. The molecule has 124 valence electrons. The highest BCUT2D eigenvalue weighted by atomic mass is 79.9. The zero-order chi connectivity index (χ0) is 14.4. The number of nitrogens with zero attached hydrogens (tertiary/aromatic N) is 1. The zero-order valence-electron chi connectivity index (χ0n) is 14.1. The standard InChI is InChI=1S/C17H37ClN.BrH/c1-4-5-6-7-8-9-10-11-12-13-14-15-16-19(2,3)17-18;/h4-17H2,1-3H3;1H/q+1;/p-1. The summed E-state index contributed by atoms with van der Waals surface area (Å²) >= 11 is 5.91. The fourth-order valence-corrected chi connectivity index (χ4v) is 2.56. The molecule has 0 rings (SSSR count). The number of unbranched alkanes of at least 4 members (excludes halogenated alkanes) is 11. The van der Waals surface area contributed by atoms with Crippen molar-refractivity contribution in [2.45, 2.75) is 84.0 Å². The van der Waals surface area contributed by atoms with Crippen molar-refractivity contribution in [3.63, 3.8) is 0 Å². The van der Waals surface area contributed by atoms with E-state index in [1.54, 1.807) is 0 Å². The monoisotopic (exact) mass is 369 g/mol. The number of hydrogen-bond donors (Lipinski definition) is 0. The summed E-state index contributed by atoms with van der Waals surface area (Å²) in [7, 11) is 4.43. The molecule has 0 saturated heterocycles. The van der Waals surface area contributed by atoms with Crippen molar-refractivity contribution in [2.24, 2.45) is 0 Å². The second kappa shape index (κ2) is 16.1. The second-order valence-corrected chi connectivity index (χ2v) is 6.91. The van der Waals surface area contributed by atoms with Crippen LogP contribution in [0.2, 0.25) is 0 Å². The van der Waals surface area contributed by atoms with Gasteiger partial charge in [-0.1, -0.05) is 82.7 Å². The van der Waals surface area contributed by atoms with E-state index in [1.807, 2.05) is 0 Å². The largest absolute Gasteiger partial charge is 1.00 e. The summed E-state index contributed by atoms with van der Waals surface area (Å²) in [6.07, 6.45) is 17.1. The average molecular weight is 371 g/mol. The number of alkyl halides is 1. The van der Waals surface area contributed by atoms with Gasteiger partial charge >= 0.3 is 0 Å². The summed E-state index contributed by atoms with van der Waals surface area (Å²) in [4.78, 5) is 0. The van der Waals surface area contributed by atoms with E-state index < -0.39 is 0 Å². The SMILES string of the molecule is CCCCCCCCCCCCCC[N+](C)(C)CCl.[Br-]. The number of halogens is 2. The molecule has 20 heavy (non-hydrogen) atoms. The van der Waals surface area contributed by atoms with Crippen LogP contribution in [-0.2, 0) is 0 Å². The lowest BCUT2D eigenvalue weighted by molar-refractivity contribution is -0.879. The van der Waals surface area contributed by atoms with Gasteiger partial charge in [0.05, 0.1) is 20.6 Å². The fraction of sp³-hybridized carbons (Fsp3) is 1.00. The minimum absolute atomic E-state index is 0. The number of quaternary nitrogens is 1. The lowest BCUT2D eigenvalue weighted by atomic mass is 10.1. The lowest BCUT2D eigenvalue weighted by Gasteiger charge is -2.26. The van der Waals surface area contributed by atoms with E-state index in [-0.39, 0.29) is 17.0 Å². The Kier molecular flexibility index (Phi) is 18.5. The molecule has 0 aliphatic rings. The van der Waals surface area contributed by atoms with E-state index in [9.17, 15) is 0 Å². The summed E-state index contributed by atoms with van der Waals surface area (Å²) in [5, 5.41) is 0. The summed E-state index contributed by atoms with van der Waals surface area (Å²) in [6, 6.07) is 0.734. The van der Waals surface area contributed by atoms with Gasteiger partial charge in [-0.05, 0) is 12.8 Å². The van der Waals surface area contributed by atoms with Crippen LogP contribution in [0.5, 0.6) is 0 Å². The van der Waals surface area contributed by atoms with Gasteiger partial charge in [-0.15, -0.1) is 0 Å². The molecule has 0 radical (unpaired) electrons. The van der Waals surface area contributed by atoms with Gasteiger partial charge < -0.3 is 21.5 Å². The van der Waals surface area contributed by atoms with E-state index in [0.29, 0.717) is 0 Å². The maximum absolute atomic E-state index is 5.91. The highest BCUT2D eigenvalue weighted by Gasteiger charge is 2.11. The highest BCUT2D eigenvalue weighted by Crippen LogP contribution is 2.12. The van der Waals surface area contributed by atoms with Crippen molar-refractivity contribution in [1.29, 1.82) is 0 Å². The first-order valence-corrected chi connectivity index (χ1v) is 9.04. The average Bonchev–Trinajstić information content (AvgIpc) is 2.40. The first kappa shape index (κ1) is 23.0. The molecule has 0 atom stereocenters. The van der Waals surface area contributed by atoms with Gasteiger partial charge in [-0.25, -0.2) is 0 Å². The minimum Gasteiger partial charge on any atom is -1.00 e. The Morgan fingerprint density at radius 1 is 0.650 bits per heavy atom. The molecule has 0 aliphatic carbocycles. The third-order valence-corrected chi connectivity index (χ3v) is 4.59. The van der Waals surface area contributed by atoms with Crippen LogP contribution in [-0.4, -0.2) is 31.1 Å². The zero-order valence-corrected chi connectivity index (χ0v) is 16.4. The van der Waals surface area contributed by atoms with Gasteiger partial charge in [0.15, 0.2) is 6.00 Å². The van der Waals surface area contributed by atoms with Crippen LogP contribution < -0.4 is 17.0 Å². The maximum atomic E-state index is 5.91. The van der Waals surface area contributed by atoms with Crippen molar-refractivity contribution < 1.29 is 21.5 Å². The number of hydrogen-bond acceptors (Lipinski definition) is 0. The molecule has 0 amide bonds. The maximum Gasteiger partial charge on any atom is 0.154 e. The van der Waals surface area contributed by atoms with Crippen molar-refractivity contribution in [2.75, 3.05) is 26.6 Å². The van der Waals surface area contributed by atoms with Crippen LogP contribution in [0.3, 0.4) is 0 Å². The van der Waals surface area contributed by atoms with Crippen molar-refractivity contribution in [3.05, 3.63) is 0 Å². The van der Waals surface area contributed by atoms with Crippen LogP contribution in [0.4, 0.5) is 0 Å². The van der Waals surface area contributed by atoms with Gasteiger partial charge in [0.25, 0.3) is 0 Å². The second-order valence-electron chi connectivity index (χ2n) is 6.67. The van der Waals surface area contributed by atoms with Gasteiger partial charge in [0.2, 0.25) is 0 Å². The van der Waals surface area contributed by atoms with Gasteiger partial charge in [-0.2, -0.15) is 0 Å². The summed E-state index contributed by atoms with van der Waals surface area (Å²) in [6.45, 7) is 3.51. The van der Waals surface area contributed by atoms with E-state index in [2.05, 4.69) is 21.0 Å². The van der Waals surface area contributed by atoms with Gasteiger partial charge in [0, 0.05) is 0 Å². The molecule has 0 fully saturated rings. The van der Waals surface area contributed by atoms with Crippen LogP contribution in [0.25, 0.3) is 0 Å². The van der Waals surface area contributed by atoms with Gasteiger partial charge in [0.1, 0.15) is 0 Å². The molecule has 0 heterocycles. The fourth-order valence-electron chi connectivity index (χ4n) is 2.44. The van der Waals surface area contributed by atoms with E-state index in [0.717, 1.165) is 10.5 Å². The van der Waals surface area contributed by atoms with Crippen molar-refractivity contribution in [3.8, 4) is 0 Å². The van der Waals surface area contributed by atoms with E-state index in [4.69, 9.17) is 11.6 Å². The molecule has 0 aromatic rings. The Labute approximate surface area is 143 Å². The molecule has 0 bridgehead atoms. The quantitative estimate of drug-likeness (QED) is 0.191. The number of rotatable bonds is 14. The molecule has 0 spiro atoms. The van der Waals surface area contributed by atoms with Crippen LogP contribution in [0.15, 0.2) is 0 Å². The molecule has 3 heteroatoms. The molecule has 0 saturated carbocycles. The Morgan fingerprint density at radius 2 is 1.00 bits per heavy atom. The minimum atomic E-state index is 0. The van der Waals surface area contributed by atoms with E-state index in [1.165, 1.54) is 83.6 Å². The molecule has 0 aromatic carbocycles. The van der Waals surface area contributed by atoms with Crippen LogP contribution in [0.1, 0.15) is 84.0 Å². The topological polar surface area (TPSA) is 0 Å². The molecular weight excluding hydrogens is 334 g/mol. The molecule has 1 nitrogen and oxygen atoms in total. The van der Waals surface area contributed by atoms with Crippen LogP contribution in [0, 0.1) is 0 Å². The summed E-state index contributed by atoms with van der Waals surface area (Å²) in [5.74, 6) is 0. The van der Waals surface area contributed by atoms with Gasteiger partial charge in [-0.3, -0.25) is 0 Å². The third-order valence-electron chi connectivity index (χ3n) is 3.94. The Balaban J connectivity index is 0. The predicted octanol–water partition coefficient (Wildman–Crippen LogP) is 2.96. The highest BCUT2D eigenvalue weighted by molar-refractivity contribution is 6.16. The first-order valence-electron chi connectivity index (χ1n) is 8.50. The Morgan fingerprint density at radius 3 is 1.35 bits per heavy atom. The Hall–Kier alpha value is 0.730. The molecular formula is C17H37BrClN. The van der Waals surface area contributed by atoms with Crippen LogP contribution >= 0.6 is 11.6 Å². The predicted molar refractivity (Wildman–Crippen MR) is 88.8 cm³/mol. The third kappa shape index (κ3) is 16.8. The molecule has 0 aromatic heterocycles. The van der Waals surface area contributed by atoms with E-state index >= 15 is 0 Å². The summed E-state index contributed by atoms with van der Waals surface area (Å²) in [5.41, 5.74) is 0. The van der Waals surface area contributed by atoms with Crippen molar-refractivity contribution in [1.82, 2.24) is 0 Å².